The van der Waals surface area contributed by atoms with Gasteiger partial charge in [-0.3, -0.25) is 0 Å². The fraction of sp³-hybridized carbons (Fsp3) is 0. The molecule has 0 N–H and O–H groups in total. The Morgan fingerprint density at radius 3 is 1.59 bits per heavy atom. The van der Waals surface area contributed by atoms with Crippen LogP contribution in [-0.4, -0.2) is 0 Å². The third kappa shape index (κ3) is 6.00. The predicted molar refractivity (Wildman–Crippen MR) is 245 cm³/mol. The van der Waals surface area contributed by atoms with E-state index in [1.807, 2.05) is 0 Å². The fourth-order valence-electron chi connectivity index (χ4n) is 8.51. The maximum absolute atomic E-state index is 6.84. The molecule has 0 saturated carbocycles. The predicted octanol–water partition coefficient (Wildman–Crippen LogP) is 16.0. The van der Waals surface area contributed by atoms with Crippen molar-refractivity contribution >= 4 is 60.5 Å². The minimum atomic E-state index is 0.866. The first-order valence-electron chi connectivity index (χ1n) is 19.8. The van der Waals surface area contributed by atoms with E-state index in [2.05, 4.69) is 229 Å². The Labute approximate surface area is 337 Å². The van der Waals surface area contributed by atoms with Crippen molar-refractivity contribution in [2.24, 2.45) is 0 Å². The number of anilines is 3. The standard InChI is InChI=1S/C56H37NO/c1-2-12-38(13-3-1)44-18-10-19-45(34-44)41-28-30-49(31-29-41)57(50-21-11-20-46(37-50)47-26-24-39-14-4-6-16-42(39)35-47)53-33-32-51(48-27-25-40-15-5-7-17-43(40)36-48)56-55(53)52-22-8-9-23-54(52)58-56/h1-37H. The van der Waals surface area contributed by atoms with E-state index in [0.29, 0.717) is 0 Å². The van der Waals surface area contributed by atoms with E-state index in [1.165, 1.54) is 43.8 Å². The quantitative estimate of drug-likeness (QED) is 0.162. The second kappa shape index (κ2) is 14.1. The van der Waals surface area contributed by atoms with Gasteiger partial charge in [-0.1, -0.05) is 164 Å². The molecule has 0 unspecified atom stereocenters. The van der Waals surface area contributed by atoms with Crippen LogP contribution in [0, 0.1) is 0 Å². The summed E-state index contributed by atoms with van der Waals surface area (Å²) in [6.45, 7) is 0. The molecule has 58 heavy (non-hydrogen) atoms. The van der Waals surface area contributed by atoms with Crippen LogP contribution in [0.4, 0.5) is 17.1 Å². The molecule has 0 spiro atoms. The van der Waals surface area contributed by atoms with Crippen molar-refractivity contribution in [3.63, 3.8) is 0 Å². The van der Waals surface area contributed by atoms with Crippen LogP contribution in [0.25, 0.3) is 88.0 Å². The average molecular weight is 740 g/mol. The van der Waals surface area contributed by atoms with Crippen LogP contribution < -0.4 is 4.90 Å². The van der Waals surface area contributed by atoms with Gasteiger partial charge in [-0.25, -0.2) is 0 Å². The largest absolute Gasteiger partial charge is 0.455 e. The molecule has 2 heteroatoms. The number of hydrogen-bond acceptors (Lipinski definition) is 2. The van der Waals surface area contributed by atoms with E-state index in [9.17, 15) is 0 Å². The van der Waals surface area contributed by atoms with Crippen LogP contribution in [0.5, 0.6) is 0 Å². The average Bonchev–Trinajstić information content (AvgIpc) is 3.70. The van der Waals surface area contributed by atoms with Crippen LogP contribution in [0.3, 0.4) is 0 Å². The molecule has 0 amide bonds. The van der Waals surface area contributed by atoms with Crippen molar-refractivity contribution in [2.45, 2.75) is 0 Å². The maximum Gasteiger partial charge on any atom is 0.145 e. The number of para-hydroxylation sites is 1. The fourth-order valence-corrected chi connectivity index (χ4v) is 8.51. The summed E-state index contributed by atoms with van der Waals surface area (Å²) in [5.74, 6) is 0. The second-order valence-corrected chi connectivity index (χ2v) is 14.9. The lowest BCUT2D eigenvalue weighted by molar-refractivity contribution is 0.670. The first-order valence-corrected chi connectivity index (χ1v) is 19.8. The summed E-state index contributed by atoms with van der Waals surface area (Å²) < 4.78 is 6.84. The summed E-state index contributed by atoms with van der Waals surface area (Å²) in [5, 5.41) is 7.05. The topological polar surface area (TPSA) is 16.4 Å². The molecule has 0 aliphatic heterocycles. The summed E-state index contributed by atoms with van der Waals surface area (Å²) in [7, 11) is 0. The molecule has 2 nitrogen and oxygen atoms in total. The number of fused-ring (bicyclic) bond motifs is 5. The van der Waals surface area contributed by atoms with Crippen molar-refractivity contribution in [1.82, 2.24) is 0 Å². The highest BCUT2D eigenvalue weighted by Crippen LogP contribution is 2.47. The van der Waals surface area contributed by atoms with Gasteiger partial charge in [0.05, 0.1) is 11.1 Å². The van der Waals surface area contributed by atoms with Gasteiger partial charge in [-0.05, 0) is 121 Å². The molecule has 1 aromatic heterocycles. The van der Waals surface area contributed by atoms with Gasteiger partial charge in [0.1, 0.15) is 11.2 Å². The van der Waals surface area contributed by atoms with Gasteiger partial charge in [-0.15, -0.1) is 0 Å². The van der Waals surface area contributed by atoms with E-state index < -0.39 is 0 Å². The van der Waals surface area contributed by atoms with Gasteiger partial charge in [0.15, 0.2) is 0 Å². The van der Waals surface area contributed by atoms with Crippen LogP contribution in [-0.2, 0) is 0 Å². The molecule has 0 aliphatic rings. The molecule has 0 atom stereocenters. The maximum atomic E-state index is 6.84. The minimum Gasteiger partial charge on any atom is -0.455 e. The minimum absolute atomic E-state index is 0.866. The molecule has 11 aromatic rings. The van der Waals surface area contributed by atoms with Crippen LogP contribution in [0.2, 0.25) is 0 Å². The number of nitrogens with zero attached hydrogens (tertiary/aromatic N) is 1. The normalized spacial score (nSPS) is 11.4. The van der Waals surface area contributed by atoms with Gasteiger partial charge >= 0.3 is 0 Å². The van der Waals surface area contributed by atoms with E-state index in [1.54, 1.807) is 0 Å². The molecule has 0 radical (unpaired) electrons. The third-order valence-corrected chi connectivity index (χ3v) is 11.4. The van der Waals surface area contributed by atoms with E-state index in [-0.39, 0.29) is 0 Å². The zero-order valence-corrected chi connectivity index (χ0v) is 31.7. The lowest BCUT2D eigenvalue weighted by atomic mass is 9.97. The molecule has 0 saturated heterocycles. The van der Waals surface area contributed by atoms with Crippen molar-refractivity contribution in [1.29, 1.82) is 0 Å². The zero-order valence-electron chi connectivity index (χ0n) is 31.7. The van der Waals surface area contributed by atoms with E-state index >= 15 is 0 Å². The monoisotopic (exact) mass is 739 g/mol. The summed E-state index contributed by atoms with van der Waals surface area (Å²) in [6, 6.07) is 80.7. The molecule has 1 heterocycles. The zero-order chi connectivity index (χ0) is 38.4. The molecule has 0 aliphatic carbocycles. The lowest BCUT2D eigenvalue weighted by Crippen LogP contribution is -2.10. The summed E-state index contributed by atoms with van der Waals surface area (Å²) in [5.41, 5.74) is 14.2. The number of hydrogen-bond donors (Lipinski definition) is 0. The lowest BCUT2D eigenvalue weighted by Gasteiger charge is -2.27. The summed E-state index contributed by atoms with van der Waals surface area (Å²) in [4.78, 5) is 2.39. The Balaban J connectivity index is 1.10. The molecular formula is C56H37NO. The number of rotatable bonds is 7. The van der Waals surface area contributed by atoms with E-state index in [0.717, 1.165) is 61.3 Å². The second-order valence-electron chi connectivity index (χ2n) is 14.9. The molecule has 272 valence electrons. The van der Waals surface area contributed by atoms with Gasteiger partial charge in [0.2, 0.25) is 0 Å². The number of benzene rings is 10. The van der Waals surface area contributed by atoms with Crippen molar-refractivity contribution in [3.05, 3.63) is 224 Å². The van der Waals surface area contributed by atoms with Gasteiger partial charge in [-0.2, -0.15) is 0 Å². The Morgan fingerprint density at radius 1 is 0.310 bits per heavy atom. The Morgan fingerprint density at radius 2 is 0.845 bits per heavy atom. The highest BCUT2D eigenvalue weighted by atomic mass is 16.3. The Bertz CT molecular complexity index is 3290. The molecule has 11 rings (SSSR count). The molecular weight excluding hydrogens is 703 g/mol. The first kappa shape index (κ1) is 33.6. The Kier molecular flexibility index (Phi) is 8.19. The van der Waals surface area contributed by atoms with Gasteiger partial charge in [0, 0.05) is 22.3 Å². The third-order valence-electron chi connectivity index (χ3n) is 11.4. The first-order chi connectivity index (χ1) is 28.7. The Hall–Kier alpha value is -7.68. The van der Waals surface area contributed by atoms with Gasteiger partial charge in [0.25, 0.3) is 0 Å². The summed E-state index contributed by atoms with van der Waals surface area (Å²) >= 11 is 0. The SMILES string of the molecule is c1ccc(-c2cccc(-c3ccc(N(c4cccc(-c5ccc6ccccc6c5)c4)c4ccc(-c5ccc6ccccc6c5)c5oc6ccccc6c45)cc3)c2)cc1. The van der Waals surface area contributed by atoms with Crippen LogP contribution >= 0.6 is 0 Å². The van der Waals surface area contributed by atoms with Crippen LogP contribution in [0.1, 0.15) is 0 Å². The molecule has 10 aromatic carbocycles. The van der Waals surface area contributed by atoms with Crippen LogP contribution in [0.15, 0.2) is 229 Å². The number of furan rings is 1. The van der Waals surface area contributed by atoms with Crippen molar-refractivity contribution in [2.75, 3.05) is 4.90 Å². The van der Waals surface area contributed by atoms with E-state index in [4.69, 9.17) is 4.42 Å². The van der Waals surface area contributed by atoms with Crippen molar-refractivity contribution in [3.8, 4) is 44.5 Å². The van der Waals surface area contributed by atoms with Gasteiger partial charge < -0.3 is 9.32 Å². The molecule has 0 bridgehead atoms. The highest BCUT2D eigenvalue weighted by Gasteiger charge is 2.23. The van der Waals surface area contributed by atoms with Crippen molar-refractivity contribution < 1.29 is 4.42 Å². The molecule has 0 fully saturated rings. The highest BCUT2D eigenvalue weighted by molar-refractivity contribution is 6.17. The summed E-state index contributed by atoms with van der Waals surface area (Å²) in [6.07, 6.45) is 0. The smallest absolute Gasteiger partial charge is 0.145 e.